The lowest BCUT2D eigenvalue weighted by atomic mass is 9.80. The number of rotatable bonds is 19. The van der Waals surface area contributed by atoms with E-state index in [1.807, 2.05) is 67.8 Å². The Balaban J connectivity index is 1.73. The number of methoxy groups -OCH3 is 1. The van der Waals surface area contributed by atoms with E-state index in [0.29, 0.717) is 50.7 Å². The van der Waals surface area contributed by atoms with Crippen LogP contribution < -0.4 is 5.32 Å². The number of aliphatic hydroxyl groups is 5. The molecule has 0 amide bonds. The minimum atomic E-state index is -1.96. The first-order valence-electron chi connectivity index (χ1n) is 26.9. The molecule has 424 valence electrons. The number of nitrogens with one attached hydrogen (secondary N) is 1. The van der Waals surface area contributed by atoms with Gasteiger partial charge in [-0.15, -0.1) is 0 Å². The number of likely N-dealkylation sites (N-methyl/N-ethyl adjacent to an activating group) is 1. The number of aliphatic hydroxyl groups excluding tert-OH is 3. The van der Waals surface area contributed by atoms with E-state index in [0.717, 1.165) is 12.8 Å². The SMILES string of the molecule is C=C1[C@@H](O[C@@H]2O[C@H](C)C[C@H](N(C)C)[C@H]2O)[C@](C)(O)C[C@@H](C)CN(CCCN(CCC(=O)OCC)C(=S)NCCCc2ccccc2)[C@H](C)[C@@H](O)[C@](C)(O)[C@@H](CC)OC(=O)[C@H](C)[C@H]1O[C@H]1C[C@@](C)(OC)[C@@H](O)[C@H](C)O1. The van der Waals surface area contributed by atoms with Crippen LogP contribution in [0.3, 0.4) is 0 Å². The van der Waals surface area contributed by atoms with E-state index < -0.39 is 90.0 Å². The van der Waals surface area contributed by atoms with Crippen LogP contribution in [0.4, 0.5) is 0 Å². The molecule has 1 aromatic rings. The van der Waals surface area contributed by atoms with Gasteiger partial charge >= 0.3 is 11.9 Å². The molecule has 0 saturated carbocycles. The van der Waals surface area contributed by atoms with E-state index in [2.05, 4.69) is 24.0 Å². The molecule has 0 bridgehead atoms. The molecule has 0 aromatic heterocycles. The van der Waals surface area contributed by atoms with E-state index in [4.69, 9.17) is 45.4 Å². The number of ether oxygens (including phenoxy) is 7. The van der Waals surface area contributed by atoms with Crippen molar-refractivity contribution in [2.45, 2.75) is 211 Å². The van der Waals surface area contributed by atoms with Crippen LogP contribution in [0.25, 0.3) is 0 Å². The van der Waals surface area contributed by atoms with Crippen molar-refractivity contribution in [2.75, 3.05) is 60.5 Å². The number of thiocarbonyl (C=S) groups is 1. The first-order chi connectivity index (χ1) is 34.7. The number of benzene rings is 1. The molecule has 0 unspecified atom stereocenters. The third-order valence-corrected chi connectivity index (χ3v) is 15.8. The number of hydrogen-bond acceptors (Lipinski definition) is 17. The highest BCUT2D eigenvalue weighted by Gasteiger charge is 2.52. The van der Waals surface area contributed by atoms with Crippen molar-refractivity contribution >= 4 is 29.3 Å². The van der Waals surface area contributed by atoms with Gasteiger partial charge in [0.1, 0.15) is 36.1 Å². The van der Waals surface area contributed by atoms with Crippen LogP contribution in [-0.4, -0.2) is 208 Å². The van der Waals surface area contributed by atoms with Crippen molar-refractivity contribution in [1.29, 1.82) is 0 Å². The molecule has 0 radical (unpaired) electrons. The highest BCUT2D eigenvalue weighted by atomic mass is 32.1. The van der Waals surface area contributed by atoms with Gasteiger partial charge in [-0.05, 0) is 137 Å². The molecule has 17 atom stereocenters. The van der Waals surface area contributed by atoms with Crippen LogP contribution in [0.1, 0.15) is 120 Å². The fraction of sp³-hybridized carbons (Fsp3) is 0.800. The molecular weight excluding hydrogens is 973 g/mol. The third kappa shape index (κ3) is 17.1. The Morgan fingerprint density at radius 3 is 2.26 bits per heavy atom. The molecule has 18 nitrogen and oxygen atoms in total. The molecule has 3 aliphatic rings. The molecule has 3 heterocycles. The normalized spacial score (nSPS) is 37.1. The summed E-state index contributed by atoms with van der Waals surface area (Å²) >= 11 is 5.91. The van der Waals surface area contributed by atoms with E-state index in [1.165, 1.54) is 19.6 Å². The lowest BCUT2D eigenvalue weighted by Gasteiger charge is -2.47. The second-order valence-electron chi connectivity index (χ2n) is 22.1. The number of cyclic esters (lactones) is 1. The highest BCUT2D eigenvalue weighted by molar-refractivity contribution is 7.80. The molecular formula is C55H94N4O14S. The Hall–Kier alpha value is -2.89. The first kappa shape index (κ1) is 63.6. The van der Waals surface area contributed by atoms with E-state index in [-0.39, 0.29) is 61.9 Å². The minimum Gasteiger partial charge on any atom is -0.466 e. The number of aryl methyl sites for hydroxylation is 1. The molecule has 0 aliphatic carbocycles. The lowest BCUT2D eigenvalue weighted by Crippen LogP contribution is -2.60. The number of esters is 2. The van der Waals surface area contributed by atoms with Gasteiger partial charge < -0.3 is 73.8 Å². The summed E-state index contributed by atoms with van der Waals surface area (Å²) in [6.07, 6.45) is -7.62. The molecule has 4 rings (SSSR count). The van der Waals surface area contributed by atoms with Gasteiger partial charge in [-0.1, -0.05) is 50.8 Å². The summed E-state index contributed by atoms with van der Waals surface area (Å²) in [5.41, 5.74) is -3.47. The zero-order valence-electron chi connectivity index (χ0n) is 46.7. The van der Waals surface area contributed by atoms with Crippen LogP contribution in [-0.2, 0) is 49.2 Å². The van der Waals surface area contributed by atoms with Crippen LogP contribution in [0.15, 0.2) is 42.5 Å². The Morgan fingerprint density at radius 1 is 0.959 bits per heavy atom. The van der Waals surface area contributed by atoms with Gasteiger partial charge in [0.05, 0.1) is 48.5 Å². The lowest BCUT2D eigenvalue weighted by molar-refractivity contribution is -0.297. The quantitative estimate of drug-likeness (QED) is 0.0491. The molecule has 3 aliphatic heterocycles. The molecule has 3 saturated heterocycles. The largest absolute Gasteiger partial charge is 0.466 e. The van der Waals surface area contributed by atoms with Crippen molar-refractivity contribution in [3.05, 3.63) is 48.0 Å². The number of nitrogens with zero attached hydrogens (tertiary/aromatic N) is 3. The summed E-state index contributed by atoms with van der Waals surface area (Å²) in [6.45, 7) is 24.1. The molecule has 1 aromatic carbocycles. The zero-order valence-corrected chi connectivity index (χ0v) is 47.6. The van der Waals surface area contributed by atoms with Crippen LogP contribution in [0.5, 0.6) is 0 Å². The van der Waals surface area contributed by atoms with Crippen LogP contribution >= 0.6 is 12.2 Å². The second-order valence-corrected chi connectivity index (χ2v) is 22.5. The zero-order chi connectivity index (χ0) is 55.3. The van der Waals surface area contributed by atoms with Gasteiger partial charge in [-0.3, -0.25) is 14.5 Å². The Bertz CT molecular complexity index is 1920. The number of hydrogen-bond donors (Lipinski definition) is 6. The third-order valence-electron chi connectivity index (χ3n) is 15.4. The molecule has 74 heavy (non-hydrogen) atoms. The topological polar surface area (TPSA) is 222 Å². The second kappa shape index (κ2) is 28.7. The van der Waals surface area contributed by atoms with E-state index in [9.17, 15) is 35.1 Å². The molecule has 19 heteroatoms. The van der Waals surface area contributed by atoms with Crippen LogP contribution in [0.2, 0.25) is 0 Å². The van der Waals surface area contributed by atoms with Gasteiger partial charge in [0.15, 0.2) is 17.7 Å². The van der Waals surface area contributed by atoms with E-state index >= 15 is 0 Å². The summed E-state index contributed by atoms with van der Waals surface area (Å²) in [7, 11) is 5.21. The summed E-state index contributed by atoms with van der Waals surface area (Å²) < 4.78 is 43.2. The van der Waals surface area contributed by atoms with E-state index in [1.54, 1.807) is 41.5 Å². The fourth-order valence-corrected chi connectivity index (χ4v) is 11.2. The average Bonchev–Trinajstić information content (AvgIpc) is 3.34. The smallest absolute Gasteiger partial charge is 0.312 e. The highest BCUT2D eigenvalue weighted by Crippen LogP contribution is 2.40. The Morgan fingerprint density at radius 2 is 1.64 bits per heavy atom. The van der Waals surface area contributed by atoms with Gasteiger partial charge in [-0.25, -0.2) is 0 Å². The van der Waals surface area contributed by atoms with Crippen LogP contribution in [0, 0.1) is 11.8 Å². The summed E-state index contributed by atoms with van der Waals surface area (Å²) in [5, 5.41) is 64.4. The van der Waals surface area contributed by atoms with Crippen molar-refractivity contribution in [3.8, 4) is 0 Å². The molecule has 3 fully saturated rings. The summed E-state index contributed by atoms with van der Waals surface area (Å²) in [5.74, 6) is -2.62. The monoisotopic (exact) mass is 1070 g/mol. The van der Waals surface area contributed by atoms with Crippen molar-refractivity contribution in [2.24, 2.45) is 11.8 Å². The summed E-state index contributed by atoms with van der Waals surface area (Å²) in [4.78, 5) is 33.1. The Kier molecular flexibility index (Phi) is 24.6. The van der Waals surface area contributed by atoms with Crippen molar-refractivity contribution in [1.82, 2.24) is 20.0 Å². The number of carbonyl (C=O) groups is 2. The minimum absolute atomic E-state index is 0.0540. The fourth-order valence-electron chi connectivity index (χ4n) is 10.9. The predicted octanol–water partition coefficient (Wildman–Crippen LogP) is 4.34. The maximum atomic E-state index is 14.6. The van der Waals surface area contributed by atoms with Gasteiger partial charge in [-0.2, -0.15) is 0 Å². The number of carbonyl (C=O) groups excluding carboxylic acids is 2. The molecule has 0 spiro atoms. The maximum Gasteiger partial charge on any atom is 0.312 e. The average molecular weight is 1070 g/mol. The molecule has 6 N–H and O–H groups in total. The van der Waals surface area contributed by atoms with Gasteiger partial charge in [0.2, 0.25) is 0 Å². The van der Waals surface area contributed by atoms with Gasteiger partial charge in [0, 0.05) is 58.3 Å². The summed E-state index contributed by atoms with van der Waals surface area (Å²) in [6, 6.07) is 9.13. The predicted molar refractivity (Wildman–Crippen MR) is 286 cm³/mol. The van der Waals surface area contributed by atoms with Crippen molar-refractivity contribution < 1.29 is 68.3 Å². The standard InChI is InChI=1S/C55H94N4O14S/c1-15-42-55(11,66)47(62)38(7)59(28-21-27-58(29-25-43(60)68-16-2)52(74)56-26-20-24-40-22-18-17-19-23-40)33-34(3)31-53(9,65)49(73-51-45(61)41(57(12)13)30-35(4)69-51)36(5)46(37(6)50(64)71-42)72-44-32-54(10,67-14)48(63)39(8)70-44/h17-19,22-23,34-35,37-39,41-42,44-49,51,61-63,65-66H,5,15-16,20-21,24-33H2,1-4,6-14H3,(H,56,74)/t34-,35-,37-,38-,39+,41+,42-,44+,45-,46+,47-,48+,49-,51+,53-,54-,55-/m1/s1. The van der Waals surface area contributed by atoms with Gasteiger partial charge in [0.25, 0.3) is 0 Å². The Labute approximate surface area is 447 Å². The maximum absolute atomic E-state index is 14.6. The van der Waals surface area contributed by atoms with Crippen molar-refractivity contribution in [3.63, 3.8) is 0 Å². The first-order valence-corrected chi connectivity index (χ1v) is 27.3.